The van der Waals surface area contributed by atoms with Gasteiger partial charge >= 0.3 is 5.97 Å². The zero-order valence-corrected chi connectivity index (χ0v) is 14.5. The van der Waals surface area contributed by atoms with Gasteiger partial charge in [-0.15, -0.1) is 0 Å². The van der Waals surface area contributed by atoms with Crippen molar-refractivity contribution >= 4 is 21.9 Å². The van der Waals surface area contributed by atoms with Crippen molar-refractivity contribution in [3.05, 3.63) is 29.8 Å². The summed E-state index contributed by atoms with van der Waals surface area (Å²) in [6.07, 6.45) is 2.81. The number of methoxy groups -OCH3 is 1. The van der Waals surface area contributed by atoms with Crippen LogP contribution in [0, 0.1) is 0 Å². The van der Waals surface area contributed by atoms with Gasteiger partial charge in [-0.05, 0) is 31.0 Å². The van der Waals surface area contributed by atoms with Crippen LogP contribution in [0.15, 0.2) is 29.2 Å². The van der Waals surface area contributed by atoms with Crippen molar-refractivity contribution in [2.45, 2.75) is 30.6 Å². The largest absolute Gasteiger partial charge is 0.469 e. The molecule has 0 saturated carbocycles. The van der Waals surface area contributed by atoms with Crippen LogP contribution in [-0.4, -0.2) is 51.3 Å². The number of benzene rings is 1. The summed E-state index contributed by atoms with van der Waals surface area (Å²) in [6, 6.07) is 5.96. The van der Waals surface area contributed by atoms with Crippen LogP contribution < -0.4 is 5.32 Å². The van der Waals surface area contributed by atoms with Crippen molar-refractivity contribution in [1.29, 1.82) is 0 Å². The average molecular weight is 354 g/mol. The van der Waals surface area contributed by atoms with Crippen molar-refractivity contribution in [1.82, 2.24) is 9.62 Å². The van der Waals surface area contributed by atoms with Crippen LogP contribution in [0.3, 0.4) is 0 Å². The summed E-state index contributed by atoms with van der Waals surface area (Å²) in [7, 11) is -2.30. The number of piperidine rings is 1. The molecule has 7 nitrogen and oxygen atoms in total. The summed E-state index contributed by atoms with van der Waals surface area (Å²) in [6.45, 7) is 1.16. The second-order valence-electron chi connectivity index (χ2n) is 5.57. The number of nitrogens with zero attached hydrogens (tertiary/aromatic N) is 1. The van der Waals surface area contributed by atoms with Crippen molar-refractivity contribution in [3.8, 4) is 0 Å². The Hall–Kier alpha value is -1.93. The molecular formula is C16H22N2O5S. The lowest BCUT2D eigenvalue weighted by atomic mass is 10.2. The number of nitrogens with one attached hydrogen (secondary N) is 1. The minimum Gasteiger partial charge on any atom is -0.469 e. The zero-order valence-electron chi connectivity index (χ0n) is 13.7. The lowest BCUT2D eigenvalue weighted by molar-refractivity contribution is -0.140. The van der Waals surface area contributed by atoms with Crippen LogP contribution in [-0.2, 0) is 19.6 Å². The third-order valence-corrected chi connectivity index (χ3v) is 5.79. The van der Waals surface area contributed by atoms with Gasteiger partial charge in [0, 0.05) is 25.2 Å². The van der Waals surface area contributed by atoms with E-state index in [1.165, 1.54) is 23.5 Å². The van der Waals surface area contributed by atoms with Crippen molar-refractivity contribution in [2.24, 2.45) is 0 Å². The first kappa shape index (κ1) is 18.4. The van der Waals surface area contributed by atoms with Crippen LogP contribution in [0.2, 0.25) is 0 Å². The number of ether oxygens (including phenoxy) is 1. The second-order valence-corrected chi connectivity index (χ2v) is 7.51. The van der Waals surface area contributed by atoms with Crippen molar-refractivity contribution in [2.75, 3.05) is 26.7 Å². The fraction of sp³-hybridized carbons (Fsp3) is 0.500. The number of esters is 1. The Labute approximate surface area is 142 Å². The molecule has 0 aliphatic carbocycles. The molecule has 132 valence electrons. The van der Waals surface area contributed by atoms with E-state index in [1.807, 2.05) is 0 Å². The number of carbonyl (C=O) groups is 2. The Morgan fingerprint density at radius 1 is 1.21 bits per heavy atom. The third-order valence-electron chi connectivity index (χ3n) is 3.89. The highest BCUT2D eigenvalue weighted by Gasteiger charge is 2.26. The zero-order chi connectivity index (χ0) is 17.6. The normalized spacial score (nSPS) is 15.7. The van der Waals surface area contributed by atoms with Gasteiger partial charge in [-0.2, -0.15) is 4.31 Å². The fourth-order valence-electron chi connectivity index (χ4n) is 2.53. The van der Waals surface area contributed by atoms with E-state index in [-0.39, 0.29) is 23.4 Å². The molecule has 1 aromatic carbocycles. The van der Waals surface area contributed by atoms with Gasteiger partial charge in [0.2, 0.25) is 10.0 Å². The van der Waals surface area contributed by atoms with Gasteiger partial charge in [-0.1, -0.05) is 12.5 Å². The highest BCUT2D eigenvalue weighted by atomic mass is 32.2. The molecule has 1 amide bonds. The van der Waals surface area contributed by atoms with E-state index in [0.29, 0.717) is 13.1 Å². The average Bonchev–Trinajstić information content (AvgIpc) is 2.62. The number of hydrogen-bond donors (Lipinski definition) is 1. The molecule has 1 saturated heterocycles. The van der Waals surface area contributed by atoms with E-state index in [4.69, 9.17) is 0 Å². The molecule has 0 spiro atoms. The number of hydrogen-bond acceptors (Lipinski definition) is 5. The predicted octanol–water partition coefficient (Wildman–Crippen LogP) is 1.15. The highest BCUT2D eigenvalue weighted by Crippen LogP contribution is 2.21. The standard InChI is InChI=1S/C16H22N2O5S/c1-23-15(19)8-9-17-16(20)13-6-5-7-14(12-13)24(21,22)18-10-3-2-4-11-18/h5-7,12H,2-4,8-11H2,1H3,(H,17,20). The topological polar surface area (TPSA) is 92.8 Å². The molecule has 0 radical (unpaired) electrons. The SMILES string of the molecule is COC(=O)CCNC(=O)c1cccc(S(=O)(=O)N2CCCCC2)c1. The first-order valence-electron chi connectivity index (χ1n) is 7.90. The molecule has 0 unspecified atom stereocenters. The molecule has 1 fully saturated rings. The Morgan fingerprint density at radius 2 is 1.92 bits per heavy atom. The molecule has 0 bridgehead atoms. The van der Waals surface area contributed by atoms with Crippen LogP contribution in [0.5, 0.6) is 0 Å². The maximum atomic E-state index is 12.6. The lowest BCUT2D eigenvalue weighted by Crippen LogP contribution is -2.35. The summed E-state index contributed by atoms with van der Waals surface area (Å²) >= 11 is 0. The molecule has 1 heterocycles. The molecule has 1 N–H and O–H groups in total. The number of carbonyl (C=O) groups excluding carboxylic acids is 2. The third kappa shape index (κ3) is 4.55. The van der Waals surface area contributed by atoms with E-state index in [2.05, 4.69) is 10.1 Å². The summed E-state index contributed by atoms with van der Waals surface area (Å²) in [5, 5.41) is 2.57. The summed E-state index contributed by atoms with van der Waals surface area (Å²) < 4.78 is 31.2. The Morgan fingerprint density at radius 3 is 2.58 bits per heavy atom. The molecule has 8 heteroatoms. The van der Waals surface area contributed by atoms with E-state index in [1.54, 1.807) is 12.1 Å². The van der Waals surface area contributed by atoms with Crippen molar-refractivity contribution < 1.29 is 22.7 Å². The van der Waals surface area contributed by atoms with Gasteiger partial charge in [0.05, 0.1) is 18.4 Å². The van der Waals surface area contributed by atoms with Crippen LogP contribution >= 0.6 is 0 Å². The molecule has 24 heavy (non-hydrogen) atoms. The summed E-state index contributed by atoms with van der Waals surface area (Å²) in [5.41, 5.74) is 0.248. The Balaban J connectivity index is 2.07. The molecule has 2 rings (SSSR count). The van der Waals surface area contributed by atoms with E-state index >= 15 is 0 Å². The highest BCUT2D eigenvalue weighted by molar-refractivity contribution is 7.89. The maximum absolute atomic E-state index is 12.6. The van der Waals surface area contributed by atoms with Gasteiger partial charge in [-0.3, -0.25) is 9.59 Å². The van der Waals surface area contributed by atoms with Crippen LogP contribution in [0.4, 0.5) is 0 Å². The van der Waals surface area contributed by atoms with Gasteiger partial charge < -0.3 is 10.1 Å². The Kier molecular flexibility index (Phi) is 6.33. The molecule has 0 aromatic heterocycles. The molecule has 1 aliphatic rings. The lowest BCUT2D eigenvalue weighted by Gasteiger charge is -2.26. The van der Waals surface area contributed by atoms with Gasteiger partial charge in [0.1, 0.15) is 0 Å². The number of amides is 1. The van der Waals surface area contributed by atoms with Crippen LogP contribution in [0.25, 0.3) is 0 Å². The molecule has 1 aromatic rings. The number of rotatable bonds is 6. The van der Waals surface area contributed by atoms with Gasteiger partial charge in [0.15, 0.2) is 0 Å². The minimum atomic E-state index is -3.58. The van der Waals surface area contributed by atoms with Crippen LogP contribution in [0.1, 0.15) is 36.0 Å². The quantitative estimate of drug-likeness (QED) is 0.774. The molecular weight excluding hydrogens is 332 g/mol. The summed E-state index contributed by atoms with van der Waals surface area (Å²) in [4.78, 5) is 23.2. The van der Waals surface area contributed by atoms with Crippen molar-refractivity contribution in [3.63, 3.8) is 0 Å². The monoisotopic (exact) mass is 354 g/mol. The van der Waals surface area contributed by atoms with E-state index in [0.717, 1.165) is 19.3 Å². The maximum Gasteiger partial charge on any atom is 0.307 e. The molecule has 0 atom stereocenters. The predicted molar refractivity (Wildman–Crippen MR) is 88.0 cm³/mol. The first-order valence-corrected chi connectivity index (χ1v) is 9.34. The first-order chi connectivity index (χ1) is 11.4. The molecule has 1 aliphatic heterocycles. The van der Waals surface area contributed by atoms with Gasteiger partial charge in [0.25, 0.3) is 5.91 Å². The van der Waals surface area contributed by atoms with Gasteiger partial charge in [-0.25, -0.2) is 8.42 Å². The summed E-state index contributed by atoms with van der Waals surface area (Å²) in [5.74, 6) is -0.841. The second kappa shape index (κ2) is 8.25. The van der Waals surface area contributed by atoms with E-state index < -0.39 is 21.9 Å². The fourth-order valence-corrected chi connectivity index (χ4v) is 4.10. The minimum absolute atomic E-state index is 0.0635. The Bertz CT molecular complexity index is 696. The van der Waals surface area contributed by atoms with E-state index in [9.17, 15) is 18.0 Å². The number of sulfonamides is 1. The smallest absolute Gasteiger partial charge is 0.307 e.